The molecule has 9 nitrogen and oxygen atoms in total. The Bertz CT molecular complexity index is 661. The molecule has 0 unspecified atom stereocenters. The predicted molar refractivity (Wildman–Crippen MR) is 103 cm³/mol. The number of hydrogen-bond acceptors (Lipinski definition) is 5. The van der Waals surface area contributed by atoms with Crippen LogP contribution in [0, 0.1) is 17.8 Å². The summed E-state index contributed by atoms with van der Waals surface area (Å²) in [5.41, 5.74) is 5.20. The Hall–Kier alpha value is -1.23. The van der Waals surface area contributed by atoms with Gasteiger partial charge in [-0.1, -0.05) is 6.42 Å². The summed E-state index contributed by atoms with van der Waals surface area (Å²) in [6.45, 7) is 0.0219. The van der Waals surface area contributed by atoms with Gasteiger partial charge in [0.15, 0.2) is 0 Å². The van der Waals surface area contributed by atoms with Gasteiger partial charge in [0.25, 0.3) is 10.2 Å². The SMILES string of the molecule is NCCCC[C@H](NS(=O)(=O)NCC(=O)NC12CC3CC(CC(C3)C1)C2)C(=O)O. The first-order valence-corrected chi connectivity index (χ1v) is 11.7. The van der Waals surface area contributed by atoms with Crippen molar-refractivity contribution in [3.63, 3.8) is 0 Å². The second kappa shape index (κ2) is 8.64. The summed E-state index contributed by atoms with van der Waals surface area (Å²) < 4.78 is 28.6. The minimum Gasteiger partial charge on any atom is -0.480 e. The highest BCUT2D eigenvalue weighted by Gasteiger charge is 2.51. The lowest BCUT2D eigenvalue weighted by Gasteiger charge is -2.56. The molecule has 0 saturated heterocycles. The van der Waals surface area contributed by atoms with Gasteiger partial charge in [0.2, 0.25) is 5.91 Å². The van der Waals surface area contributed by atoms with Crippen LogP contribution in [0.1, 0.15) is 57.8 Å². The fourth-order valence-electron chi connectivity index (χ4n) is 5.72. The Kier molecular flexibility index (Phi) is 6.63. The highest BCUT2D eigenvalue weighted by molar-refractivity contribution is 7.87. The van der Waals surface area contributed by atoms with Crippen molar-refractivity contribution in [3.8, 4) is 0 Å². The van der Waals surface area contributed by atoms with Gasteiger partial charge < -0.3 is 16.2 Å². The molecular formula is C18H32N4O5S. The Morgan fingerprint density at radius 1 is 1.07 bits per heavy atom. The van der Waals surface area contributed by atoms with E-state index in [9.17, 15) is 23.1 Å². The van der Waals surface area contributed by atoms with Crippen LogP contribution in [0.4, 0.5) is 0 Å². The van der Waals surface area contributed by atoms with Crippen LogP contribution in [0.2, 0.25) is 0 Å². The van der Waals surface area contributed by atoms with Gasteiger partial charge in [-0.25, -0.2) is 0 Å². The monoisotopic (exact) mass is 416 g/mol. The van der Waals surface area contributed by atoms with Crippen molar-refractivity contribution in [1.82, 2.24) is 14.8 Å². The molecule has 4 aliphatic rings. The summed E-state index contributed by atoms with van der Waals surface area (Å²) >= 11 is 0. The van der Waals surface area contributed by atoms with E-state index < -0.39 is 28.8 Å². The molecule has 4 fully saturated rings. The van der Waals surface area contributed by atoms with E-state index in [4.69, 9.17) is 5.73 Å². The van der Waals surface area contributed by atoms with E-state index in [1.165, 1.54) is 19.3 Å². The largest absolute Gasteiger partial charge is 0.480 e. The van der Waals surface area contributed by atoms with Crippen LogP contribution in [0.15, 0.2) is 0 Å². The van der Waals surface area contributed by atoms with Crippen LogP contribution >= 0.6 is 0 Å². The van der Waals surface area contributed by atoms with E-state index >= 15 is 0 Å². The van der Waals surface area contributed by atoms with E-state index in [0.717, 1.165) is 19.3 Å². The number of carbonyl (C=O) groups excluding carboxylic acids is 1. The molecule has 1 atom stereocenters. The zero-order valence-corrected chi connectivity index (χ0v) is 17.0. The summed E-state index contributed by atoms with van der Waals surface area (Å²) in [7, 11) is -4.10. The molecule has 4 saturated carbocycles. The smallest absolute Gasteiger partial charge is 0.321 e. The first kappa shape index (κ1) is 21.5. The second-order valence-electron chi connectivity index (χ2n) is 8.86. The number of nitrogens with two attached hydrogens (primary N) is 1. The minimum atomic E-state index is -4.10. The maximum Gasteiger partial charge on any atom is 0.321 e. The van der Waals surface area contributed by atoms with Crippen LogP contribution in [-0.2, 0) is 19.8 Å². The van der Waals surface area contributed by atoms with E-state index in [1.54, 1.807) is 0 Å². The summed E-state index contributed by atoms with van der Waals surface area (Å²) in [5.74, 6) is 0.419. The number of rotatable bonds is 11. The van der Waals surface area contributed by atoms with Crippen molar-refractivity contribution in [3.05, 3.63) is 0 Å². The molecule has 1 amide bonds. The quantitative estimate of drug-likeness (QED) is 0.301. The van der Waals surface area contributed by atoms with Crippen molar-refractivity contribution in [2.75, 3.05) is 13.1 Å². The number of unbranched alkanes of at least 4 members (excludes halogenated alkanes) is 1. The Labute approximate surface area is 166 Å². The summed E-state index contributed by atoms with van der Waals surface area (Å²) in [5, 5.41) is 12.3. The Morgan fingerprint density at radius 3 is 2.14 bits per heavy atom. The molecule has 160 valence electrons. The molecule has 0 aromatic carbocycles. The van der Waals surface area contributed by atoms with E-state index in [2.05, 4.69) is 14.8 Å². The van der Waals surface area contributed by atoms with Gasteiger partial charge in [0.1, 0.15) is 6.04 Å². The number of carbonyl (C=O) groups is 2. The third-order valence-corrected chi connectivity index (χ3v) is 7.53. The van der Waals surface area contributed by atoms with Crippen molar-refractivity contribution in [1.29, 1.82) is 0 Å². The molecule has 4 rings (SSSR count). The Balaban J connectivity index is 1.48. The molecule has 0 spiro atoms. The topological polar surface area (TPSA) is 151 Å². The molecule has 4 bridgehead atoms. The van der Waals surface area contributed by atoms with Crippen LogP contribution in [0.3, 0.4) is 0 Å². The lowest BCUT2D eigenvalue weighted by molar-refractivity contribution is -0.139. The maximum atomic E-state index is 12.4. The van der Waals surface area contributed by atoms with Gasteiger partial charge >= 0.3 is 5.97 Å². The normalized spacial score (nSPS) is 32.2. The first-order chi connectivity index (χ1) is 13.2. The third kappa shape index (κ3) is 5.43. The third-order valence-electron chi connectivity index (χ3n) is 6.41. The summed E-state index contributed by atoms with van der Waals surface area (Å²) in [4.78, 5) is 23.7. The molecule has 0 radical (unpaired) electrons. The molecule has 6 N–H and O–H groups in total. The Morgan fingerprint density at radius 2 is 1.64 bits per heavy atom. The molecule has 0 aliphatic heterocycles. The molecule has 10 heteroatoms. The van der Waals surface area contributed by atoms with Gasteiger partial charge in [-0.3, -0.25) is 9.59 Å². The van der Waals surface area contributed by atoms with Crippen molar-refractivity contribution in [2.45, 2.75) is 69.4 Å². The van der Waals surface area contributed by atoms with Crippen LogP contribution in [-0.4, -0.2) is 50.1 Å². The number of hydrogen-bond donors (Lipinski definition) is 5. The van der Waals surface area contributed by atoms with Crippen LogP contribution in [0.5, 0.6) is 0 Å². The number of aliphatic carboxylic acids is 1. The first-order valence-electron chi connectivity index (χ1n) is 10.2. The zero-order valence-electron chi connectivity index (χ0n) is 16.2. The van der Waals surface area contributed by atoms with Crippen molar-refractivity contribution < 1.29 is 23.1 Å². The molecular weight excluding hydrogens is 384 g/mol. The highest BCUT2D eigenvalue weighted by Crippen LogP contribution is 2.55. The number of carboxylic acid groups (broad SMARTS) is 1. The van der Waals surface area contributed by atoms with E-state index in [-0.39, 0.29) is 17.9 Å². The van der Waals surface area contributed by atoms with Gasteiger partial charge in [0.05, 0.1) is 6.54 Å². The van der Waals surface area contributed by atoms with Gasteiger partial charge in [0, 0.05) is 5.54 Å². The number of amides is 1. The van der Waals surface area contributed by atoms with Gasteiger partial charge in [-0.2, -0.15) is 17.9 Å². The minimum absolute atomic E-state index is 0.146. The molecule has 0 aromatic heterocycles. The zero-order chi connectivity index (χ0) is 20.4. The summed E-state index contributed by atoms with van der Waals surface area (Å²) in [6, 6.07) is -1.24. The predicted octanol–water partition coefficient (Wildman–Crippen LogP) is 0.0776. The lowest BCUT2D eigenvalue weighted by Crippen LogP contribution is -2.61. The molecule has 28 heavy (non-hydrogen) atoms. The fraction of sp³-hybridized carbons (Fsp3) is 0.889. The second-order valence-corrected chi connectivity index (χ2v) is 10.4. The summed E-state index contributed by atoms with van der Waals surface area (Å²) in [6.07, 6.45) is 7.99. The van der Waals surface area contributed by atoms with Gasteiger partial charge in [-0.05, 0) is 75.7 Å². The number of nitrogens with one attached hydrogen (secondary N) is 3. The molecule has 0 heterocycles. The molecule has 4 aliphatic carbocycles. The van der Waals surface area contributed by atoms with Gasteiger partial charge in [-0.15, -0.1) is 0 Å². The van der Waals surface area contributed by atoms with Crippen LogP contribution in [0.25, 0.3) is 0 Å². The number of carboxylic acids is 1. The lowest BCUT2D eigenvalue weighted by atomic mass is 9.53. The molecule has 0 aromatic rings. The standard InChI is InChI=1S/C18H32N4O5S/c19-4-2-1-3-15(17(24)25)22-28(26,27)20-11-16(23)21-18-8-12-5-13(9-18)7-14(6-12)10-18/h12-15,20,22H,1-11,19H2,(H,21,23)(H,24,25)/t12?,13?,14?,15-,18?/m0/s1. The fourth-order valence-corrected chi connectivity index (χ4v) is 6.72. The van der Waals surface area contributed by atoms with Crippen LogP contribution < -0.4 is 20.5 Å². The highest BCUT2D eigenvalue weighted by atomic mass is 32.2. The van der Waals surface area contributed by atoms with E-state index in [0.29, 0.717) is 37.1 Å². The average molecular weight is 417 g/mol. The van der Waals surface area contributed by atoms with Crippen molar-refractivity contribution in [2.24, 2.45) is 23.5 Å². The van der Waals surface area contributed by atoms with E-state index in [1.807, 2.05) is 0 Å². The maximum absolute atomic E-state index is 12.4. The average Bonchev–Trinajstić information content (AvgIpc) is 2.57. The van der Waals surface area contributed by atoms with Crippen molar-refractivity contribution >= 4 is 22.1 Å².